The summed E-state index contributed by atoms with van der Waals surface area (Å²) in [4.78, 5) is 20.7. The molecule has 0 aliphatic heterocycles. The quantitative estimate of drug-likeness (QED) is 0.604. The highest BCUT2D eigenvalue weighted by molar-refractivity contribution is 7.93. The Morgan fingerprint density at radius 3 is 2.25 bits per heavy atom. The number of carbonyl (C=O) groups is 1. The molecular formula is C15H14N2O6S. The molecule has 0 unspecified atom stereocenters. The molecule has 0 aliphatic rings. The first kappa shape index (κ1) is 17.4. The van der Waals surface area contributed by atoms with Crippen molar-refractivity contribution in [2.75, 3.05) is 10.8 Å². The average molecular weight is 350 g/mol. The molecule has 126 valence electrons. The van der Waals surface area contributed by atoms with Crippen molar-refractivity contribution in [3.05, 3.63) is 64.7 Å². The third-order valence-electron chi connectivity index (χ3n) is 3.20. The maximum absolute atomic E-state index is 12.9. The Morgan fingerprint density at radius 1 is 1.08 bits per heavy atom. The van der Waals surface area contributed by atoms with Gasteiger partial charge >= 0.3 is 5.97 Å². The van der Waals surface area contributed by atoms with E-state index in [1.165, 1.54) is 24.3 Å². The maximum atomic E-state index is 12.9. The summed E-state index contributed by atoms with van der Waals surface area (Å²) < 4.78 is 26.7. The Labute approximate surface area is 138 Å². The second-order valence-electron chi connectivity index (χ2n) is 4.78. The first-order chi connectivity index (χ1) is 11.3. The summed E-state index contributed by atoms with van der Waals surface area (Å²) in [5.41, 5.74) is -0.328. The number of benzene rings is 2. The van der Waals surface area contributed by atoms with Crippen molar-refractivity contribution >= 4 is 27.4 Å². The zero-order chi connectivity index (χ0) is 17.7. The molecular weight excluding hydrogens is 336 g/mol. The minimum absolute atomic E-state index is 0.233. The predicted molar refractivity (Wildman–Crippen MR) is 86.3 cm³/mol. The lowest BCUT2D eigenvalue weighted by atomic mass is 10.3. The highest BCUT2D eigenvalue weighted by atomic mass is 32.2. The van der Waals surface area contributed by atoms with Crippen LogP contribution >= 0.6 is 0 Å². The Bertz CT molecular complexity index is 851. The Hall–Kier alpha value is -2.94. The number of nitro benzene ring substituents is 1. The van der Waals surface area contributed by atoms with Gasteiger partial charge in [-0.15, -0.1) is 0 Å². The second kappa shape index (κ2) is 7.09. The molecule has 0 aliphatic carbocycles. The molecule has 0 bridgehead atoms. The van der Waals surface area contributed by atoms with Crippen LogP contribution in [0, 0.1) is 10.1 Å². The van der Waals surface area contributed by atoms with Gasteiger partial charge in [0.05, 0.1) is 17.0 Å². The van der Waals surface area contributed by atoms with E-state index in [0.717, 1.165) is 16.4 Å². The van der Waals surface area contributed by atoms with Crippen LogP contribution < -0.4 is 4.31 Å². The molecule has 0 atom stereocenters. The lowest BCUT2D eigenvalue weighted by Crippen LogP contribution is -2.33. The lowest BCUT2D eigenvalue weighted by molar-refractivity contribution is -0.387. The van der Waals surface area contributed by atoms with Crippen molar-refractivity contribution in [1.82, 2.24) is 0 Å². The summed E-state index contributed by atoms with van der Waals surface area (Å²) in [5.74, 6) is -1.17. The fourth-order valence-electron chi connectivity index (χ4n) is 2.12. The molecule has 2 rings (SSSR count). The molecule has 2 aromatic carbocycles. The van der Waals surface area contributed by atoms with E-state index in [4.69, 9.17) is 5.11 Å². The topological polar surface area (TPSA) is 118 Å². The van der Waals surface area contributed by atoms with Crippen molar-refractivity contribution in [3.63, 3.8) is 0 Å². The number of carboxylic acid groups (broad SMARTS) is 1. The van der Waals surface area contributed by atoms with Crippen molar-refractivity contribution in [3.8, 4) is 0 Å². The van der Waals surface area contributed by atoms with Crippen LogP contribution in [0.2, 0.25) is 0 Å². The van der Waals surface area contributed by atoms with Crippen LogP contribution in [0.15, 0.2) is 59.5 Å². The number of nitrogens with zero attached hydrogens (tertiary/aromatic N) is 2. The van der Waals surface area contributed by atoms with Crippen LogP contribution in [0.4, 0.5) is 11.4 Å². The summed E-state index contributed by atoms with van der Waals surface area (Å²) in [5, 5.41) is 20.0. The summed E-state index contributed by atoms with van der Waals surface area (Å²) in [6.45, 7) is -0.340. The largest absolute Gasteiger partial charge is 0.481 e. The van der Waals surface area contributed by atoms with E-state index in [9.17, 15) is 23.3 Å². The van der Waals surface area contributed by atoms with Gasteiger partial charge in [-0.05, 0) is 18.2 Å². The van der Waals surface area contributed by atoms with E-state index in [0.29, 0.717) is 0 Å². The summed E-state index contributed by atoms with van der Waals surface area (Å²) in [7, 11) is -4.30. The molecule has 8 nitrogen and oxygen atoms in total. The minimum atomic E-state index is -4.30. The molecule has 0 saturated heterocycles. The van der Waals surface area contributed by atoms with Gasteiger partial charge in [0.1, 0.15) is 0 Å². The molecule has 1 N–H and O–H groups in total. The third-order valence-corrected chi connectivity index (χ3v) is 5.08. The molecule has 9 heteroatoms. The fourth-order valence-corrected chi connectivity index (χ4v) is 3.75. The second-order valence-corrected chi connectivity index (χ2v) is 6.61. The molecule has 24 heavy (non-hydrogen) atoms. The fraction of sp³-hybridized carbons (Fsp3) is 0.133. The predicted octanol–water partition coefficient (Wildman–Crippen LogP) is 2.26. The Morgan fingerprint density at radius 2 is 1.67 bits per heavy atom. The van der Waals surface area contributed by atoms with Crippen LogP contribution in [0.5, 0.6) is 0 Å². The van der Waals surface area contributed by atoms with E-state index in [2.05, 4.69) is 0 Å². The van der Waals surface area contributed by atoms with Gasteiger partial charge in [-0.25, -0.2) is 8.42 Å². The van der Waals surface area contributed by atoms with Crippen LogP contribution in [-0.2, 0) is 14.8 Å². The van der Waals surface area contributed by atoms with Crippen LogP contribution in [0.3, 0.4) is 0 Å². The van der Waals surface area contributed by atoms with E-state index >= 15 is 0 Å². The van der Waals surface area contributed by atoms with Gasteiger partial charge in [0, 0.05) is 12.6 Å². The van der Waals surface area contributed by atoms with Crippen molar-refractivity contribution in [1.29, 1.82) is 0 Å². The standard InChI is InChI=1S/C15H14N2O6S/c18-15(19)10-11-16(12-6-2-1-3-7-12)24(22,23)14-9-5-4-8-13(14)17(20)21/h1-9H,10-11H2,(H,18,19). The third kappa shape index (κ3) is 3.69. The van der Waals surface area contributed by atoms with Crippen molar-refractivity contribution in [2.24, 2.45) is 0 Å². The molecule has 0 aromatic heterocycles. The normalized spacial score (nSPS) is 11.0. The van der Waals surface area contributed by atoms with Crippen molar-refractivity contribution < 1.29 is 23.2 Å². The smallest absolute Gasteiger partial charge is 0.305 e. The Kier molecular flexibility index (Phi) is 5.14. The molecule has 0 fully saturated rings. The van der Waals surface area contributed by atoms with E-state index < -0.39 is 37.9 Å². The zero-order valence-corrected chi connectivity index (χ0v) is 13.2. The monoisotopic (exact) mass is 350 g/mol. The number of anilines is 1. The van der Waals surface area contributed by atoms with E-state index in [1.54, 1.807) is 18.2 Å². The minimum Gasteiger partial charge on any atom is -0.481 e. The molecule has 0 saturated carbocycles. The van der Waals surface area contributed by atoms with E-state index in [1.807, 2.05) is 0 Å². The van der Waals surface area contributed by atoms with Gasteiger partial charge in [-0.1, -0.05) is 30.3 Å². The molecule has 2 aromatic rings. The number of aliphatic carboxylic acids is 1. The SMILES string of the molecule is O=C(O)CCN(c1ccccc1)S(=O)(=O)c1ccccc1[N+](=O)[O-]. The summed E-state index contributed by atoms with van der Waals surface area (Å²) >= 11 is 0. The number of carboxylic acids is 1. The molecule has 0 spiro atoms. The number of para-hydroxylation sites is 2. The number of hydrogen-bond acceptors (Lipinski definition) is 5. The average Bonchev–Trinajstić information content (AvgIpc) is 2.55. The number of sulfonamides is 1. The highest BCUT2D eigenvalue weighted by Gasteiger charge is 2.31. The van der Waals surface area contributed by atoms with Gasteiger partial charge in [-0.3, -0.25) is 19.2 Å². The first-order valence-corrected chi connectivity index (χ1v) is 8.31. The highest BCUT2D eigenvalue weighted by Crippen LogP contribution is 2.29. The first-order valence-electron chi connectivity index (χ1n) is 6.87. The van der Waals surface area contributed by atoms with Gasteiger partial charge in [-0.2, -0.15) is 0 Å². The zero-order valence-electron chi connectivity index (χ0n) is 12.4. The van der Waals surface area contributed by atoms with Gasteiger partial charge in [0.2, 0.25) is 0 Å². The van der Waals surface area contributed by atoms with Crippen LogP contribution in [0.25, 0.3) is 0 Å². The van der Waals surface area contributed by atoms with Crippen LogP contribution in [-0.4, -0.2) is 31.0 Å². The summed E-state index contributed by atoms with van der Waals surface area (Å²) in [6, 6.07) is 12.8. The van der Waals surface area contributed by atoms with Gasteiger partial charge in [0.25, 0.3) is 15.7 Å². The Balaban J connectivity index is 2.56. The summed E-state index contributed by atoms with van der Waals surface area (Å²) in [6.07, 6.45) is -0.436. The number of nitro groups is 1. The van der Waals surface area contributed by atoms with Crippen molar-refractivity contribution in [2.45, 2.75) is 11.3 Å². The lowest BCUT2D eigenvalue weighted by Gasteiger charge is -2.23. The number of rotatable bonds is 7. The van der Waals surface area contributed by atoms with Crippen LogP contribution in [0.1, 0.15) is 6.42 Å². The van der Waals surface area contributed by atoms with E-state index in [-0.39, 0.29) is 12.2 Å². The number of hydrogen-bond donors (Lipinski definition) is 1. The van der Waals surface area contributed by atoms with Gasteiger partial charge < -0.3 is 5.11 Å². The van der Waals surface area contributed by atoms with Gasteiger partial charge in [0.15, 0.2) is 4.90 Å². The molecule has 0 radical (unpaired) electrons. The maximum Gasteiger partial charge on any atom is 0.305 e. The molecule has 0 amide bonds. The molecule has 0 heterocycles.